The molecule has 0 heterocycles. The summed E-state index contributed by atoms with van der Waals surface area (Å²) in [4.78, 5) is 24.2. The lowest BCUT2D eigenvalue weighted by molar-refractivity contribution is 0.0583. The Morgan fingerprint density at radius 3 is 2.27 bits per heavy atom. The molecule has 0 aliphatic carbocycles. The standard InChI is InChI=1S/C17H16O4S/c1-20-16(18)13-8-9-14(17(19)21-2)15(10-13)22-11-12-6-4-3-5-7-12/h3-10H,11H2,1-2H3. The zero-order chi connectivity index (χ0) is 15.9. The minimum absolute atomic E-state index is 0.408. The SMILES string of the molecule is COC(=O)c1ccc(C(=O)OC)c(SCc2ccccc2)c1. The number of hydrogen-bond acceptors (Lipinski definition) is 5. The van der Waals surface area contributed by atoms with E-state index in [1.807, 2.05) is 30.3 Å². The molecule has 0 aromatic heterocycles. The summed E-state index contributed by atoms with van der Waals surface area (Å²) in [5.74, 6) is -0.167. The fraction of sp³-hybridized carbons (Fsp3) is 0.176. The number of carbonyl (C=O) groups is 2. The summed E-state index contributed by atoms with van der Waals surface area (Å²) < 4.78 is 9.50. The van der Waals surface area contributed by atoms with Crippen molar-refractivity contribution < 1.29 is 19.1 Å². The van der Waals surface area contributed by atoms with E-state index >= 15 is 0 Å². The summed E-state index contributed by atoms with van der Waals surface area (Å²) in [5, 5.41) is 0. The van der Waals surface area contributed by atoms with Gasteiger partial charge in [-0.2, -0.15) is 0 Å². The molecule has 4 nitrogen and oxygen atoms in total. The van der Waals surface area contributed by atoms with E-state index in [-0.39, 0.29) is 0 Å². The van der Waals surface area contributed by atoms with Crippen molar-refractivity contribution in [3.63, 3.8) is 0 Å². The first-order valence-corrected chi connectivity index (χ1v) is 7.61. The van der Waals surface area contributed by atoms with Gasteiger partial charge in [-0.25, -0.2) is 9.59 Å². The maximum atomic E-state index is 11.8. The van der Waals surface area contributed by atoms with Gasteiger partial charge in [0.1, 0.15) is 0 Å². The maximum Gasteiger partial charge on any atom is 0.338 e. The Morgan fingerprint density at radius 1 is 0.955 bits per heavy atom. The summed E-state index contributed by atoms with van der Waals surface area (Å²) in [5.41, 5.74) is 1.98. The average molecular weight is 316 g/mol. The highest BCUT2D eigenvalue weighted by Crippen LogP contribution is 2.28. The number of esters is 2. The van der Waals surface area contributed by atoms with Crippen LogP contribution in [0.3, 0.4) is 0 Å². The molecule has 5 heteroatoms. The monoisotopic (exact) mass is 316 g/mol. The second-order valence-corrected chi connectivity index (χ2v) is 5.49. The lowest BCUT2D eigenvalue weighted by Crippen LogP contribution is -2.06. The lowest BCUT2D eigenvalue weighted by atomic mass is 10.1. The van der Waals surface area contributed by atoms with Gasteiger partial charge in [-0.1, -0.05) is 30.3 Å². The fourth-order valence-corrected chi connectivity index (χ4v) is 2.93. The number of hydrogen-bond donors (Lipinski definition) is 0. The maximum absolute atomic E-state index is 11.8. The first-order chi connectivity index (χ1) is 10.7. The van der Waals surface area contributed by atoms with Gasteiger partial charge in [0.2, 0.25) is 0 Å². The van der Waals surface area contributed by atoms with Crippen LogP contribution in [-0.2, 0) is 15.2 Å². The molecule has 0 radical (unpaired) electrons. The number of benzene rings is 2. The molecule has 2 rings (SSSR count). The second-order valence-electron chi connectivity index (χ2n) is 4.47. The van der Waals surface area contributed by atoms with Crippen molar-refractivity contribution in [3.8, 4) is 0 Å². The van der Waals surface area contributed by atoms with Crippen LogP contribution in [0.1, 0.15) is 26.3 Å². The molecule has 22 heavy (non-hydrogen) atoms. The van der Waals surface area contributed by atoms with Crippen molar-refractivity contribution in [2.45, 2.75) is 10.6 Å². The van der Waals surface area contributed by atoms with Crippen LogP contribution in [0.4, 0.5) is 0 Å². The van der Waals surface area contributed by atoms with Crippen molar-refractivity contribution >= 4 is 23.7 Å². The zero-order valence-corrected chi connectivity index (χ0v) is 13.2. The van der Waals surface area contributed by atoms with Gasteiger partial charge < -0.3 is 9.47 Å². The Kier molecular flexibility index (Phi) is 5.61. The van der Waals surface area contributed by atoms with E-state index in [9.17, 15) is 9.59 Å². The Bertz CT molecular complexity index is 668. The van der Waals surface area contributed by atoms with Crippen LogP contribution in [0.25, 0.3) is 0 Å². The summed E-state index contributed by atoms with van der Waals surface area (Å²) in [6, 6.07) is 14.7. The third-order valence-electron chi connectivity index (χ3n) is 3.05. The molecule has 0 atom stereocenters. The average Bonchev–Trinajstić information content (AvgIpc) is 2.59. The molecule has 2 aromatic rings. The first kappa shape index (κ1) is 16.1. The van der Waals surface area contributed by atoms with Gasteiger partial charge in [0.25, 0.3) is 0 Å². The number of rotatable bonds is 5. The number of carbonyl (C=O) groups excluding carboxylic acids is 2. The van der Waals surface area contributed by atoms with E-state index in [4.69, 9.17) is 9.47 Å². The highest BCUT2D eigenvalue weighted by Gasteiger charge is 2.16. The Morgan fingerprint density at radius 2 is 1.64 bits per heavy atom. The molecule has 2 aromatic carbocycles. The van der Waals surface area contributed by atoms with Crippen LogP contribution in [0.5, 0.6) is 0 Å². The van der Waals surface area contributed by atoms with E-state index in [0.717, 1.165) is 5.56 Å². The van der Waals surface area contributed by atoms with Crippen LogP contribution >= 0.6 is 11.8 Å². The van der Waals surface area contributed by atoms with E-state index < -0.39 is 11.9 Å². The minimum atomic E-state index is -0.432. The number of thioether (sulfide) groups is 1. The predicted molar refractivity (Wildman–Crippen MR) is 85.1 cm³/mol. The van der Waals surface area contributed by atoms with Crippen LogP contribution in [0, 0.1) is 0 Å². The van der Waals surface area contributed by atoms with Gasteiger partial charge in [0.15, 0.2) is 0 Å². The Hall–Kier alpha value is -2.27. The van der Waals surface area contributed by atoms with Crippen molar-refractivity contribution in [1.82, 2.24) is 0 Å². The molecular weight excluding hydrogens is 300 g/mol. The summed E-state index contributed by atoms with van der Waals surface area (Å²) in [7, 11) is 2.66. The molecule has 0 N–H and O–H groups in total. The van der Waals surface area contributed by atoms with E-state index in [1.54, 1.807) is 18.2 Å². The molecule has 114 valence electrons. The third-order valence-corrected chi connectivity index (χ3v) is 4.17. The van der Waals surface area contributed by atoms with Gasteiger partial charge in [-0.3, -0.25) is 0 Å². The molecule has 0 bridgehead atoms. The van der Waals surface area contributed by atoms with Crippen molar-refractivity contribution in [3.05, 3.63) is 65.2 Å². The molecule has 0 unspecified atom stereocenters. The zero-order valence-electron chi connectivity index (χ0n) is 12.4. The highest BCUT2D eigenvalue weighted by atomic mass is 32.2. The minimum Gasteiger partial charge on any atom is -0.465 e. The predicted octanol–water partition coefficient (Wildman–Crippen LogP) is 3.55. The van der Waals surface area contributed by atoms with Gasteiger partial charge in [0.05, 0.1) is 25.3 Å². The summed E-state index contributed by atoms with van der Waals surface area (Å²) >= 11 is 1.48. The van der Waals surface area contributed by atoms with Gasteiger partial charge >= 0.3 is 11.9 Å². The van der Waals surface area contributed by atoms with Gasteiger partial charge in [-0.05, 0) is 23.8 Å². The molecular formula is C17H16O4S. The van der Waals surface area contributed by atoms with Crippen LogP contribution in [-0.4, -0.2) is 26.2 Å². The summed E-state index contributed by atoms with van der Waals surface area (Å²) in [6.07, 6.45) is 0. The quantitative estimate of drug-likeness (QED) is 0.623. The van der Waals surface area contributed by atoms with E-state index in [1.165, 1.54) is 26.0 Å². The van der Waals surface area contributed by atoms with E-state index in [0.29, 0.717) is 21.8 Å². The van der Waals surface area contributed by atoms with Gasteiger partial charge in [-0.15, -0.1) is 11.8 Å². The molecule has 0 saturated heterocycles. The molecule has 0 aliphatic rings. The Balaban J connectivity index is 2.28. The van der Waals surface area contributed by atoms with Crippen LogP contribution in [0.15, 0.2) is 53.4 Å². The molecule has 0 aliphatic heterocycles. The Labute approximate surface area is 133 Å². The van der Waals surface area contributed by atoms with Crippen LogP contribution in [0.2, 0.25) is 0 Å². The number of methoxy groups -OCH3 is 2. The second kappa shape index (κ2) is 7.66. The molecule has 0 saturated carbocycles. The molecule has 0 fully saturated rings. The largest absolute Gasteiger partial charge is 0.465 e. The third kappa shape index (κ3) is 3.89. The van der Waals surface area contributed by atoms with Crippen molar-refractivity contribution in [2.75, 3.05) is 14.2 Å². The summed E-state index contributed by atoms with van der Waals surface area (Å²) in [6.45, 7) is 0. The van der Waals surface area contributed by atoms with Crippen LogP contribution < -0.4 is 0 Å². The van der Waals surface area contributed by atoms with Crippen molar-refractivity contribution in [1.29, 1.82) is 0 Å². The first-order valence-electron chi connectivity index (χ1n) is 6.63. The highest BCUT2D eigenvalue weighted by molar-refractivity contribution is 7.98. The lowest BCUT2D eigenvalue weighted by Gasteiger charge is -2.09. The van der Waals surface area contributed by atoms with E-state index in [2.05, 4.69) is 0 Å². The smallest absolute Gasteiger partial charge is 0.338 e. The molecule has 0 spiro atoms. The normalized spacial score (nSPS) is 10.1. The topological polar surface area (TPSA) is 52.6 Å². The van der Waals surface area contributed by atoms with Crippen molar-refractivity contribution in [2.24, 2.45) is 0 Å². The van der Waals surface area contributed by atoms with Gasteiger partial charge in [0, 0.05) is 10.6 Å². The fourth-order valence-electron chi connectivity index (χ4n) is 1.90. The molecule has 0 amide bonds. The number of ether oxygens (including phenoxy) is 2.